The van der Waals surface area contributed by atoms with E-state index in [9.17, 15) is 8.78 Å². The summed E-state index contributed by atoms with van der Waals surface area (Å²) in [6.07, 6.45) is 3.36. The van der Waals surface area contributed by atoms with Crippen LogP contribution in [-0.2, 0) is 6.42 Å². The zero-order valence-corrected chi connectivity index (χ0v) is 14.4. The third-order valence-corrected chi connectivity index (χ3v) is 3.58. The van der Waals surface area contributed by atoms with Crippen LogP contribution in [0.3, 0.4) is 0 Å². The van der Waals surface area contributed by atoms with Crippen molar-refractivity contribution >= 4 is 0 Å². The van der Waals surface area contributed by atoms with Gasteiger partial charge in [0.1, 0.15) is 6.26 Å². The summed E-state index contributed by atoms with van der Waals surface area (Å²) in [4.78, 5) is 4.47. The van der Waals surface area contributed by atoms with E-state index in [1.165, 1.54) is 6.07 Å². The van der Waals surface area contributed by atoms with E-state index in [0.717, 1.165) is 18.5 Å². The standard InChI is InChI=1S/C18H23F2NO3/c1-5-12(4)8-14-10-22-17(21-14)13-6-7-15(24-18(19)20)16(9-13)23-11(2)3/h6-7,9-12,18H,5,8H2,1-4H3. The van der Waals surface area contributed by atoms with E-state index < -0.39 is 6.61 Å². The second-order valence-electron chi connectivity index (χ2n) is 6.07. The average molecular weight is 339 g/mol. The van der Waals surface area contributed by atoms with E-state index in [0.29, 0.717) is 17.4 Å². The highest BCUT2D eigenvalue weighted by atomic mass is 19.3. The van der Waals surface area contributed by atoms with Crippen LogP contribution in [0.15, 0.2) is 28.9 Å². The van der Waals surface area contributed by atoms with Crippen LogP contribution in [0.2, 0.25) is 0 Å². The zero-order valence-electron chi connectivity index (χ0n) is 14.4. The molecular formula is C18H23F2NO3. The second-order valence-corrected chi connectivity index (χ2v) is 6.07. The monoisotopic (exact) mass is 339 g/mol. The summed E-state index contributed by atoms with van der Waals surface area (Å²) in [7, 11) is 0. The molecule has 132 valence electrons. The van der Waals surface area contributed by atoms with Gasteiger partial charge < -0.3 is 13.9 Å². The Hall–Kier alpha value is -2.11. The van der Waals surface area contributed by atoms with Gasteiger partial charge in [0.05, 0.1) is 11.8 Å². The van der Waals surface area contributed by atoms with Crippen molar-refractivity contribution in [3.8, 4) is 23.0 Å². The summed E-state index contributed by atoms with van der Waals surface area (Å²) < 4.78 is 40.6. The Bertz CT molecular complexity index is 655. The minimum Gasteiger partial charge on any atom is -0.487 e. The van der Waals surface area contributed by atoms with Crippen molar-refractivity contribution in [2.24, 2.45) is 5.92 Å². The molecule has 1 heterocycles. The molecule has 0 aliphatic carbocycles. The highest BCUT2D eigenvalue weighted by Gasteiger charge is 2.16. The fourth-order valence-electron chi connectivity index (χ4n) is 2.22. The molecule has 0 saturated carbocycles. The van der Waals surface area contributed by atoms with E-state index in [2.05, 4.69) is 23.6 Å². The molecule has 2 aromatic rings. The molecule has 0 aliphatic heterocycles. The molecule has 1 aromatic heterocycles. The summed E-state index contributed by atoms with van der Waals surface area (Å²) in [6, 6.07) is 4.68. The predicted octanol–water partition coefficient (Wildman–Crippen LogP) is 5.32. The van der Waals surface area contributed by atoms with Crippen molar-refractivity contribution in [3.05, 3.63) is 30.2 Å². The molecule has 2 rings (SSSR count). The highest BCUT2D eigenvalue weighted by molar-refractivity contribution is 5.60. The molecular weight excluding hydrogens is 316 g/mol. The number of nitrogens with zero attached hydrogens (tertiary/aromatic N) is 1. The first-order valence-corrected chi connectivity index (χ1v) is 8.09. The molecule has 0 aliphatic rings. The molecule has 0 radical (unpaired) electrons. The number of hydrogen-bond donors (Lipinski definition) is 0. The number of oxazole rings is 1. The van der Waals surface area contributed by atoms with Gasteiger partial charge in [-0.25, -0.2) is 4.98 Å². The molecule has 0 amide bonds. The lowest BCUT2D eigenvalue weighted by atomic mass is 10.0. The van der Waals surface area contributed by atoms with Crippen molar-refractivity contribution in [1.29, 1.82) is 0 Å². The SMILES string of the molecule is CCC(C)Cc1coc(-c2ccc(OC(F)F)c(OC(C)C)c2)n1. The van der Waals surface area contributed by atoms with Crippen LogP contribution in [0.25, 0.3) is 11.5 Å². The lowest BCUT2D eigenvalue weighted by Crippen LogP contribution is -2.09. The van der Waals surface area contributed by atoms with Crippen LogP contribution < -0.4 is 9.47 Å². The summed E-state index contributed by atoms with van der Waals surface area (Å²) >= 11 is 0. The summed E-state index contributed by atoms with van der Waals surface area (Å²) in [5, 5.41) is 0. The van der Waals surface area contributed by atoms with Crippen molar-refractivity contribution in [2.45, 2.75) is 53.3 Å². The molecule has 0 saturated heterocycles. The van der Waals surface area contributed by atoms with Crippen LogP contribution in [0, 0.1) is 5.92 Å². The molecule has 0 bridgehead atoms. The fourth-order valence-corrected chi connectivity index (χ4v) is 2.22. The van der Waals surface area contributed by atoms with E-state index in [4.69, 9.17) is 9.15 Å². The summed E-state index contributed by atoms with van der Waals surface area (Å²) in [6.45, 7) is 5.00. The lowest BCUT2D eigenvalue weighted by Gasteiger charge is -2.15. The van der Waals surface area contributed by atoms with Crippen LogP contribution in [0.1, 0.15) is 39.8 Å². The van der Waals surface area contributed by atoms with Gasteiger partial charge >= 0.3 is 6.61 Å². The topological polar surface area (TPSA) is 44.5 Å². The molecule has 4 nitrogen and oxygen atoms in total. The Labute approximate surface area is 140 Å². The van der Waals surface area contributed by atoms with Gasteiger partial charge in [-0.3, -0.25) is 0 Å². The quantitative estimate of drug-likeness (QED) is 0.653. The van der Waals surface area contributed by atoms with Gasteiger partial charge in [-0.2, -0.15) is 8.78 Å². The van der Waals surface area contributed by atoms with E-state index in [-0.39, 0.29) is 17.6 Å². The molecule has 0 N–H and O–H groups in total. The normalized spacial score (nSPS) is 12.7. The molecule has 1 aromatic carbocycles. The number of benzene rings is 1. The maximum atomic E-state index is 12.5. The van der Waals surface area contributed by atoms with Gasteiger partial charge in [0.25, 0.3) is 0 Å². The Balaban J connectivity index is 2.27. The minimum atomic E-state index is -2.91. The Morgan fingerprint density at radius 2 is 1.88 bits per heavy atom. The zero-order chi connectivity index (χ0) is 17.7. The second kappa shape index (κ2) is 8.13. The van der Waals surface area contributed by atoms with Gasteiger partial charge in [-0.05, 0) is 44.4 Å². The van der Waals surface area contributed by atoms with E-state index >= 15 is 0 Å². The highest BCUT2D eigenvalue weighted by Crippen LogP contribution is 2.34. The fraction of sp³-hybridized carbons (Fsp3) is 0.500. The smallest absolute Gasteiger partial charge is 0.387 e. The van der Waals surface area contributed by atoms with Crippen molar-refractivity contribution in [2.75, 3.05) is 0 Å². The molecule has 0 fully saturated rings. The van der Waals surface area contributed by atoms with Crippen LogP contribution in [0.5, 0.6) is 11.5 Å². The maximum Gasteiger partial charge on any atom is 0.387 e. The molecule has 1 unspecified atom stereocenters. The van der Waals surface area contributed by atoms with Crippen molar-refractivity contribution in [3.63, 3.8) is 0 Å². The number of rotatable bonds is 8. The molecule has 1 atom stereocenters. The number of halogens is 2. The number of hydrogen-bond acceptors (Lipinski definition) is 4. The van der Waals surface area contributed by atoms with Gasteiger partial charge in [-0.15, -0.1) is 0 Å². The van der Waals surface area contributed by atoms with Crippen LogP contribution >= 0.6 is 0 Å². The third-order valence-electron chi connectivity index (χ3n) is 3.58. The van der Waals surface area contributed by atoms with Gasteiger partial charge in [0, 0.05) is 5.56 Å². The number of aromatic nitrogens is 1. The van der Waals surface area contributed by atoms with Crippen molar-refractivity contribution < 1.29 is 22.7 Å². The van der Waals surface area contributed by atoms with Crippen LogP contribution in [0.4, 0.5) is 8.78 Å². The molecule has 6 heteroatoms. The Morgan fingerprint density at radius 1 is 1.12 bits per heavy atom. The number of ether oxygens (including phenoxy) is 2. The Morgan fingerprint density at radius 3 is 2.50 bits per heavy atom. The van der Waals surface area contributed by atoms with Crippen molar-refractivity contribution in [1.82, 2.24) is 4.98 Å². The lowest BCUT2D eigenvalue weighted by molar-refractivity contribution is -0.0518. The minimum absolute atomic E-state index is 0.00571. The van der Waals surface area contributed by atoms with Crippen LogP contribution in [-0.4, -0.2) is 17.7 Å². The maximum absolute atomic E-state index is 12.5. The van der Waals surface area contributed by atoms with E-state index in [1.54, 1.807) is 18.4 Å². The first kappa shape index (κ1) is 18.2. The summed E-state index contributed by atoms with van der Waals surface area (Å²) in [5.41, 5.74) is 1.53. The predicted molar refractivity (Wildman–Crippen MR) is 87.5 cm³/mol. The van der Waals surface area contributed by atoms with Gasteiger partial charge in [0.15, 0.2) is 11.5 Å². The number of alkyl halides is 2. The Kier molecular flexibility index (Phi) is 6.17. The third kappa shape index (κ3) is 4.94. The van der Waals surface area contributed by atoms with Gasteiger partial charge in [-0.1, -0.05) is 20.3 Å². The van der Waals surface area contributed by atoms with Gasteiger partial charge in [0.2, 0.25) is 5.89 Å². The first-order valence-electron chi connectivity index (χ1n) is 8.09. The average Bonchev–Trinajstić information content (AvgIpc) is 2.96. The molecule has 0 spiro atoms. The first-order chi connectivity index (χ1) is 11.4. The molecule has 24 heavy (non-hydrogen) atoms. The van der Waals surface area contributed by atoms with E-state index in [1.807, 2.05) is 13.8 Å². The summed E-state index contributed by atoms with van der Waals surface area (Å²) in [5.74, 6) is 1.19. The largest absolute Gasteiger partial charge is 0.487 e.